The Labute approximate surface area is 165 Å². The largest absolute Gasteiger partial charge is 0.321 e. The Morgan fingerprint density at radius 3 is 2.29 bits per heavy atom. The van der Waals surface area contributed by atoms with Gasteiger partial charge in [0.15, 0.2) is 5.78 Å². The van der Waals surface area contributed by atoms with Gasteiger partial charge in [-0.2, -0.15) is 4.31 Å². The molecule has 1 saturated heterocycles. The predicted octanol–water partition coefficient (Wildman–Crippen LogP) is 3.71. The van der Waals surface area contributed by atoms with Crippen LogP contribution < -0.4 is 5.32 Å². The molecule has 1 N–H and O–H groups in total. The van der Waals surface area contributed by atoms with Gasteiger partial charge in [-0.05, 0) is 50.1 Å². The number of nitrogens with zero attached hydrogens (tertiary/aromatic N) is 1. The number of nitrogens with one attached hydrogen (secondary N) is 1. The van der Waals surface area contributed by atoms with Gasteiger partial charge in [0.05, 0.1) is 10.6 Å². The highest BCUT2D eigenvalue weighted by molar-refractivity contribution is 7.89. The molecule has 1 amide bonds. The molecule has 0 bridgehead atoms. The third kappa shape index (κ3) is 4.48. The molecule has 0 aliphatic carbocycles. The quantitative estimate of drug-likeness (QED) is 0.776. The van der Waals surface area contributed by atoms with Crippen LogP contribution in [-0.4, -0.2) is 37.5 Å². The Hall–Kier alpha value is -2.51. The number of amides is 1. The Kier molecular flexibility index (Phi) is 6.26. The van der Waals surface area contributed by atoms with E-state index in [1.807, 2.05) is 0 Å². The zero-order valence-corrected chi connectivity index (χ0v) is 16.7. The van der Waals surface area contributed by atoms with Crippen LogP contribution in [0.1, 0.15) is 53.3 Å². The lowest BCUT2D eigenvalue weighted by molar-refractivity contribution is 0.101. The molecule has 0 spiro atoms. The maximum Gasteiger partial charge on any atom is 0.255 e. The molecule has 148 valence electrons. The molecular weight excluding hydrogens is 376 g/mol. The molecular formula is C21H24N2O4S. The molecule has 2 aromatic rings. The molecule has 2 aromatic carbocycles. The standard InChI is InChI=1S/C21H24N2O4S/c1-16(24)19-11-4-5-12-20(19)22-21(25)17-9-8-10-18(15-17)28(26,27)23-13-6-2-3-7-14-23/h4-5,8-12,15H,2-3,6-7,13-14H2,1H3,(H,22,25). The van der Waals surface area contributed by atoms with Gasteiger partial charge >= 0.3 is 0 Å². The highest BCUT2D eigenvalue weighted by Gasteiger charge is 2.26. The fourth-order valence-electron chi connectivity index (χ4n) is 3.32. The van der Waals surface area contributed by atoms with Crippen molar-refractivity contribution < 1.29 is 18.0 Å². The number of anilines is 1. The van der Waals surface area contributed by atoms with E-state index in [4.69, 9.17) is 0 Å². The Bertz CT molecular complexity index is 977. The van der Waals surface area contributed by atoms with E-state index >= 15 is 0 Å². The Balaban J connectivity index is 1.85. The third-order valence-corrected chi connectivity index (χ3v) is 6.75. The minimum Gasteiger partial charge on any atom is -0.321 e. The van der Waals surface area contributed by atoms with Crippen molar-refractivity contribution in [3.8, 4) is 0 Å². The SMILES string of the molecule is CC(=O)c1ccccc1NC(=O)c1cccc(S(=O)(=O)N2CCCCCC2)c1. The van der Waals surface area contributed by atoms with Crippen LogP contribution in [0.4, 0.5) is 5.69 Å². The highest BCUT2D eigenvalue weighted by Crippen LogP contribution is 2.22. The average molecular weight is 401 g/mol. The van der Waals surface area contributed by atoms with Crippen molar-refractivity contribution in [3.63, 3.8) is 0 Å². The van der Waals surface area contributed by atoms with Crippen LogP contribution in [0.3, 0.4) is 0 Å². The first-order chi connectivity index (χ1) is 13.4. The van der Waals surface area contributed by atoms with E-state index in [1.54, 1.807) is 36.4 Å². The van der Waals surface area contributed by atoms with Gasteiger partial charge in [-0.1, -0.05) is 31.0 Å². The molecule has 28 heavy (non-hydrogen) atoms. The second-order valence-corrected chi connectivity index (χ2v) is 8.84. The average Bonchev–Trinajstić information content (AvgIpc) is 2.98. The van der Waals surface area contributed by atoms with Crippen LogP contribution in [0.5, 0.6) is 0 Å². The van der Waals surface area contributed by atoms with E-state index in [0.29, 0.717) is 24.3 Å². The van der Waals surface area contributed by atoms with Crippen molar-refractivity contribution in [2.45, 2.75) is 37.5 Å². The minimum atomic E-state index is -3.64. The smallest absolute Gasteiger partial charge is 0.255 e. The van der Waals surface area contributed by atoms with E-state index in [-0.39, 0.29) is 16.2 Å². The normalized spacial score (nSPS) is 15.6. The van der Waals surface area contributed by atoms with Gasteiger partial charge in [0.1, 0.15) is 0 Å². The van der Waals surface area contributed by atoms with Crippen molar-refractivity contribution in [2.24, 2.45) is 0 Å². The number of para-hydroxylation sites is 1. The van der Waals surface area contributed by atoms with Crippen LogP contribution in [0.15, 0.2) is 53.4 Å². The molecule has 0 atom stereocenters. The molecule has 1 heterocycles. The predicted molar refractivity (Wildman–Crippen MR) is 108 cm³/mol. The summed E-state index contributed by atoms with van der Waals surface area (Å²) >= 11 is 0. The molecule has 0 radical (unpaired) electrons. The number of benzene rings is 2. The lowest BCUT2D eigenvalue weighted by Crippen LogP contribution is -2.32. The summed E-state index contributed by atoms with van der Waals surface area (Å²) < 4.78 is 27.4. The number of carbonyl (C=O) groups is 2. The number of Topliss-reactive ketones (excluding diaryl/α,β-unsaturated/α-hetero) is 1. The maximum absolute atomic E-state index is 13.0. The summed E-state index contributed by atoms with van der Waals surface area (Å²) in [4.78, 5) is 24.5. The summed E-state index contributed by atoms with van der Waals surface area (Å²) in [5.41, 5.74) is 1.04. The number of rotatable bonds is 5. The van der Waals surface area contributed by atoms with Crippen molar-refractivity contribution in [1.29, 1.82) is 0 Å². The van der Waals surface area contributed by atoms with Gasteiger partial charge in [-0.15, -0.1) is 0 Å². The summed E-state index contributed by atoms with van der Waals surface area (Å²) in [6, 6.07) is 12.8. The van der Waals surface area contributed by atoms with Crippen molar-refractivity contribution in [3.05, 3.63) is 59.7 Å². The number of hydrogen-bond acceptors (Lipinski definition) is 4. The molecule has 1 fully saturated rings. The summed E-state index contributed by atoms with van der Waals surface area (Å²) in [5, 5.41) is 2.71. The second kappa shape index (κ2) is 8.67. The molecule has 0 aromatic heterocycles. The highest BCUT2D eigenvalue weighted by atomic mass is 32.2. The van der Waals surface area contributed by atoms with Crippen LogP contribution in [0.25, 0.3) is 0 Å². The molecule has 7 heteroatoms. The summed E-state index contributed by atoms with van der Waals surface area (Å²) in [6.07, 6.45) is 3.76. The maximum atomic E-state index is 13.0. The molecule has 1 aliphatic heterocycles. The summed E-state index contributed by atoms with van der Waals surface area (Å²) in [6.45, 7) is 2.44. The van der Waals surface area contributed by atoms with E-state index < -0.39 is 15.9 Å². The van der Waals surface area contributed by atoms with Crippen molar-refractivity contribution >= 4 is 27.4 Å². The molecule has 1 aliphatic rings. The summed E-state index contributed by atoms with van der Waals surface area (Å²) in [7, 11) is -3.64. The van der Waals surface area contributed by atoms with E-state index in [1.165, 1.54) is 23.4 Å². The Morgan fingerprint density at radius 1 is 0.929 bits per heavy atom. The van der Waals surface area contributed by atoms with Crippen LogP contribution in [0, 0.1) is 0 Å². The van der Waals surface area contributed by atoms with Crippen LogP contribution >= 0.6 is 0 Å². The first kappa shape index (κ1) is 20.2. The Morgan fingerprint density at radius 2 is 1.61 bits per heavy atom. The number of sulfonamides is 1. The van der Waals surface area contributed by atoms with Gasteiger partial charge in [0.25, 0.3) is 5.91 Å². The molecule has 0 saturated carbocycles. The van der Waals surface area contributed by atoms with Crippen LogP contribution in [-0.2, 0) is 10.0 Å². The van der Waals surface area contributed by atoms with Gasteiger partial charge in [-0.3, -0.25) is 9.59 Å². The number of carbonyl (C=O) groups excluding carboxylic acids is 2. The van der Waals surface area contributed by atoms with Crippen molar-refractivity contribution in [2.75, 3.05) is 18.4 Å². The molecule has 3 rings (SSSR count). The van der Waals surface area contributed by atoms with Gasteiger partial charge in [0, 0.05) is 24.2 Å². The van der Waals surface area contributed by atoms with E-state index in [9.17, 15) is 18.0 Å². The zero-order valence-electron chi connectivity index (χ0n) is 15.8. The molecule has 0 unspecified atom stereocenters. The minimum absolute atomic E-state index is 0.113. The lowest BCUT2D eigenvalue weighted by atomic mass is 10.1. The zero-order chi connectivity index (χ0) is 20.1. The van der Waals surface area contributed by atoms with Gasteiger partial charge in [-0.25, -0.2) is 8.42 Å². The molecule has 6 nitrogen and oxygen atoms in total. The fourth-order valence-corrected chi connectivity index (χ4v) is 4.89. The first-order valence-electron chi connectivity index (χ1n) is 9.41. The number of ketones is 1. The second-order valence-electron chi connectivity index (χ2n) is 6.90. The van der Waals surface area contributed by atoms with Gasteiger partial charge < -0.3 is 5.32 Å². The third-order valence-electron chi connectivity index (χ3n) is 4.85. The van der Waals surface area contributed by atoms with Gasteiger partial charge in [0.2, 0.25) is 10.0 Å². The topological polar surface area (TPSA) is 83.5 Å². The fraction of sp³-hybridized carbons (Fsp3) is 0.333. The first-order valence-corrected chi connectivity index (χ1v) is 10.8. The summed E-state index contributed by atoms with van der Waals surface area (Å²) in [5.74, 6) is -0.616. The van der Waals surface area contributed by atoms with E-state index in [2.05, 4.69) is 5.32 Å². The monoisotopic (exact) mass is 400 g/mol. The van der Waals surface area contributed by atoms with Crippen molar-refractivity contribution in [1.82, 2.24) is 4.31 Å². The van der Waals surface area contributed by atoms with E-state index in [0.717, 1.165) is 25.7 Å². The van der Waals surface area contributed by atoms with Crippen LogP contribution in [0.2, 0.25) is 0 Å². The lowest BCUT2D eigenvalue weighted by Gasteiger charge is -2.20. The number of hydrogen-bond donors (Lipinski definition) is 1.